The first-order valence-corrected chi connectivity index (χ1v) is 2.65. The molecule has 1 aromatic rings. The third-order valence-electron chi connectivity index (χ3n) is 1.03. The van der Waals surface area contributed by atoms with Crippen molar-refractivity contribution in [2.45, 2.75) is 0 Å². The zero-order chi connectivity index (χ0) is 7.56. The minimum atomic E-state index is -0.992. The Balaban J connectivity index is 0.000001000. The van der Waals surface area contributed by atoms with Gasteiger partial charge in [0.15, 0.2) is 0 Å². The molecule has 0 fully saturated rings. The molecule has 0 unspecified atom stereocenters. The number of rotatable bonds is 1. The summed E-state index contributed by atoms with van der Waals surface area (Å²) < 4.78 is 0. The SMILES string of the molecule is Nc1cc(C(=O)O)ccn1.O. The molecule has 5 heteroatoms. The van der Waals surface area contributed by atoms with Crippen molar-refractivity contribution in [3.8, 4) is 0 Å². The molecule has 5 N–H and O–H groups in total. The molecule has 0 amide bonds. The van der Waals surface area contributed by atoms with Crippen LogP contribution in [0.2, 0.25) is 0 Å². The summed E-state index contributed by atoms with van der Waals surface area (Å²) >= 11 is 0. The lowest BCUT2D eigenvalue weighted by Gasteiger charge is -1.92. The van der Waals surface area contributed by atoms with Crippen LogP contribution in [0.1, 0.15) is 10.4 Å². The molecule has 0 bridgehead atoms. The van der Waals surface area contributed by atoms with E-state index in [9.17, 15) is 4.79 Å². The predicted molar refractivity (Wildman–Crippen MR) is 39.2 cm³/mol. The fourth-order valence-corrected chi connectivity index (χ4v) is 0.581. The van der Waals surface area contributed by atoms with Crippen molar-refractivity contribution in [2.24, 2.45) is 0 Å². The monoisotopic (exact) mass is 156 g/mol. The van der Waals surface area contributed by atoms with Gasteiger partial charge in [0.05, 0.1) is 5.56 Å². The second kappa shape index (κ2) is 3.52. The molecule has 0 aliphatic heterocycles. The minimum absolute atomic E-state index is 0. The Labute approximate surface area is 62.8 Å². The quantitative estimate of drug-likeness (QED) is 0.573. The molecule has 0 radical (unpaired) electrons. The van der Waals surface area contributed by atoms with Crippen molar-refractivity contribution in [3.05, 3.63) is 23.9 Å². The Kier molecular flexibility index (Phi) is 3.01. The van der Waals surface area contributed by atoms with Gasteiger partial charge in [-0.15, -0.1) is 0 Å². The maximum absolute atomic E-state index is 10.3. The number of nitrogen functional groups attached to an aromatic ring is 1. The fraction of sp³-hybridized carbons (Fsp3) is 0. The molecule has 1 rings (SSSR count). The number of aromatic nitrogens is 1. The molecule has 11 heavy (non-hydrogen) atoms. The maximum Gasteiger partial charge on any atom is 0.335 e. The van der Waals surface area contributed by atoms with E-state index < -0.39 is 5.97 Å². The van der Waals surface area contributed by atoms with Crippen LogP contribution in [-0.2, 0) is 0 Å². The molecule has 1 heterocycles. The molecule has 0 aliphatic carbocycles. The van der Waals surface area contributed by atoms with Gasteiger partial charge < -0.3 is 16.3 Å². The summed E-state index contributed by atoms with van der Waals surface area (Å²) in [6.45, 7) is 0. The first-order valence-electron chi connectivity index (χ1n) is 2.65. The third kappa shape index (κ3) is 2.23. The predicted octanol–water partition coefficient (Wildman–Crippen LogP) is -0.463. The smallest absolute Gasteiger partial charge is 0.335 e. The number of nitrogens with two attached hydrogens (primary N) is 1. The Bertz CT molecular complexity index is 262. The number of carbonyl (C=O) groups is 1. The van der Waals surface area contributed by atoms with Gasteiger partial charge in [0.1, 0.15) is 5.82 Å². The Morgan fingerprint density at radius 3 is 2.64 bits per heavy atom. The van der Waals surface area contributed by atoms with E-state index >= 15 is 0 Å². The molecule has 0 atom stereocenters. The summed E-state index contributed by atoms with van der Waals surface area (Å²) in [6.07, 6.45) is 1.36. The van der Waals surface area contributed by atoms with Gasteiger partial charge in [-0.05, 0) is 12.1 Å². The highest BCUT2D eigenvalue weighted by molar-refractivity contribution is 5.88. The number of carboxylic acids is 1. The number of hydrogen-bond acceptors (Lipinski definition) is 3. The second-order valence-electron chi connectivity index (χ2n) is 1.77. The van der Waals surface area contributed by atoms with E-state index in [4.69, 9.17) is 10.8 Å². The average molecular weight is 156 g/mol. The van der Waals surface area contributed by atoms with Gasteiger partial charge >= 0.3 is 5.97 Å². The average Bonchev–Trinajstić information content (AvgIpc) is 1.88. The molecular weight excluding hydrogens is 148 g/mol. The lowest BCUT2D eigenvalue weighted by atomic mass is 10.3. The van der Waals surface area contributed by atoms with Crippen LogP contribution in [0.5, 0.6) is 0 Å². The van der Waals surface area contributed by atoms with Gasteiger partial charge in [-0.3, -0.25) is 0 Å². The zero-order valence-corrected chi connectivity index (χ0v) is 5.61. The molecule has 1 aromatic heterocycles. The summed E-state index contributed by atoms with van der Waals surface area (Å²) in [6, 6.07) is 2.70. The maximum atomic E-state index is 10.3. The molecule has 0 saturated carbocycles. The van der Waals surface area contributed by atoms with Crippen molar-refractivity contribution < 1.29 is 15.4 Å². The molecule has 5 nitrogen and oxygen atoms in total. The largest absolute Gasteiger partial charge is 0.478 e. The molecule has 0 spiro atoms. The Morgan fingerprint density at radius 1 is 1.64 bits per heavy atom. The summed E-state index contributed by atoms with van der Waals surface area (Å²) in [7, 11) is 0. The van der Waals surface area contributed by atoms with Crippen molar-refractivity contribution in [1.29, 1.82) is 0 Å². The van der Waals surface area contributed by atoms with E-state index in [1.165, 1.54) is 18.3 Å². The molecule has 0 aromatic carbocycles. The molecule has 60 valence electrons. The number of pyridine rings is 1. The molecule has 0 saturated heterocycles. The normalized spacial score (nSPS) is 8.36. The van der Waals surface area contributed by atoms with Gasteiger partial charge in [-0.1, -0.05) is 0 Å². The number of anilines is 1. The van der Waals surface area contributed by atoms with Crippen LogP contribution in [0, 0.1) is 0 Å². The Hall–Kier alpha value is -1.62. The van der Waals surface area contributed by atoms with E-state index in [2.05, 4.69) is 4.98 Å². The number of nitrogens with zero attached hydrogens (tertiary/aromatic N) is 1. The topological polar surface area (TPSA) is 108 Å². The number of carboxylic acid groups (broad SMARTS) is 1. The van der Waals surface area contributed by atoms with Gasteiger partial charge in [-0.2, -0.15) is 0 Å². The summed E-state index contributed by atoms with van der Waals surface area (Å²) in [5.41, 5.74) is 5.38. The highest BCUT2D eigenvalue weighted by atomic mass is 16.4. The molecule has 0 aliphatic rings. The van der Waals surface area contributed by atoms with Crippen molar-refractivity contribution in [1.82, 2.24) is 4.98 Å². The highest BCUT2D eigenvalue weighted by Gasteiger charge is 2.00. The van der Waals surface area contributed by atoms with E-state index in [1.54, 1.807) is 0 Å². The van der Waals surface area contributed by atoms with Crippen LogP contribution in [0.3, 0.4) is 0 Å². The standard InChI is InChI=1S/C6H6N2O2.H2O/c7-5-3-4(6(9)10)1-2-8-5;/h1-3H,(H2,7,8)(H,9,10);1H2. The number of aromatic carboxylic acids is 1. The number of hydrogen-bond donors (Lipinski definition) is 2. The van der Waals surface area contributed by atoms with Crippen molar-refractivity contribution in [3.63, 3.8) is 0 Å². The van der Waals surface area contributed by atoms with Crippen molar-refractivity contribution >= 4 is 11.8 Å². The lowest BCUT2D eigenvalue weighted by Crippen LogP contribution is -1.98. The molecular formula is C6H8N2O3. The van der Waals surface area contributed by atoms with Gasteiger partial charge in [0.2, 0.25) is 0 Å². The lowest BCUT2D eigenvalue weighted by molar-refractivity contribution is 0.0697. The van der Waals surface area contributed by atoms with Crippen LogP contribution in [0.15, 0.2) is 18.3 Å². The van der Waals surface area contributed by atoms with Crippen LogP contribution in [0.25, 0.3) is 0 Å². The zero-order valence-electron chi connectivity index (χ0n) is 5.61. The highest BCUT2D eigenvalue weighted by Crippen LogP contribution is 2.01. The second-order valence-corrected chi connectivity index (χ2v) is 1.77. The third-order valence-corrected chi connectivity index (χ3v) is 1.03. The van der Waals surface area contributed by atoms with E-state index in [0.29, 0.717) is 0 Å². The van der Waals surface area contributed by atoms with Gasteiger partial charge in [0, 0.05) is 6.20 Å². The fourth-order valence-electron chi connectivity index (χ4n) is 0.581. The van der Waals surface area contributed by atoms with Crippen LogP contribution < -0.4 is 5.73 Å². The van der Waals surface area contributed by atoms with Crippen LogP contribution >= 0.6 is 0 Å². The first-order chi connectivity index (χ1) is 4.70. The Morgan fingerprint density at radius 2 is 2.27 bits per heavy atom. The van der Waals surface area contributed by atoms with Gasteiger partial charge in [-0.25, -0.2) is 9.78 Å². The van der Waals surface area contributed by atoms with Crippen LogP contribution in [0.4, 0.5) is 5.82 Å². The van der Waals surface area contributed by atoms with Gasteiger partial charge in [0.25, 0.3) is 0 Å². The van der Waals surface area contributed by atoms with Crippen LogP contribution in [-0.4, -0.2) is 21.5 Å². The summed E-state index contributed by atoms with van der Waals surface area (Å²) in [5, 5.41) is 8.43. The van der Waals surface area contributed by atoms with Crippen molar-refractivity contribution in [2.75, 3.05) is 5.73 Å². The summed E-state index contributed by atoms with van der Waals surface area (Å²) in [5.74, 6) is -0.769. The first kappa shape index (κ1) is 9.38. The summed E-state index contributed by atoms with van der Waals surface area (Å²) in [4.78, 5) is 13.9. The van der Waals surface area contributed by atoms with E-state index in [-0.39, 0.29) is 16.9 Å². The van der Waals surface area contributed by atoms with E-state index in [1.807, 2.05) is 0 Å². The van der Waals surface area contributed by atoms with E-state index in [0.717, 1.165) is 0 Å². The minimum Gasteiger partial charge on any atom is -0.478 e.